The van der Waals surface area contributed by atoms with Gasteiger partial charge in [0, 0.05) is 43.5 Å². The van der Waals surface area contributed by atoms with Gasteiger partial charge in [0.05, 0.1) is 18.3 Å². The van der Waals surface area contributed by atoms with Gasteiger partial charge in [-0.2, -0.15) is 0 Å². The minimum atomic E-state index is 0.0403. The summed E-state index contributed by atoms with van der Waals surface area (Å²) in [7, 11) is 1.68. The SMILES string of the molecule is COc1ccc(-c2nc3cc(C)ccc3cc2CN2CCC(NC(C)=O)C2)cc1. The number of hydrogen-bond donors (Lipinski definition) is 1. The van der Waals surface area contributed by atoms with Gasteiger partial charge in [-0.15, -0.1) is 0 Å². The Morgan fingerprint density at radius 2 is 2.00 bits per heavy atom. The number of benzene rings is 2. The average Bonchev–Trinajstić information content (AvgIpc) is 3.14. The molecule has 29 heavy (non-hydrogen) atoms. The summed E-state index contributed by atoms with van der Waals surface area (Å²) in [5.74, 6) is 0.878. The molecule has 1 amide bonds. The summed E-state index contributed by atoms with van der Waals surface area (Å²) in [4.78, 5) is 18.8. The van der Waals surface area contributed by atoms with Gasteiger partial charge in [-0.3, -0.25) is 9.69 Å². The normalized spacial score (nSPS) is 16.9. The number of fused-ring (bicyclic) bond motifs is 1. The third kappa shape index (κ3) is 4.40. The van der Waals surface area contributed by atoms with E-state index in [9.17, 15) is 4.79 Å². The van der Waals surface area contributed by atoms with Crippen LogP contribution in [0, 0.1) is 6.92 Å². The molecule has 0 bridgehead atoms. The predicted molar refractivity (Wildman–Crippen MR) is 116 cm³/mol. The summed E-state index contributed by atoms with van der Waals surface area (Å²) in [6, 6.07) is 17.0. The third-order valence-corrected chi connectivity index (χ3v) is 5.49. The number of likely N-dealkylation sites (tertiary alicyclic amines) is 1. The number of carbonyl (C=O) groups is 1. The van der Waals surface area contributed by atoms with E-state index in [0.29, 0.717) is 0 Å². The fourth-order valence-corrected chi connectivity index (χ4v) is 4.06. The van der Waals surface area contributed by atoms with Crippen molar-refractivity contribution in [1.82, 2.24) is 15.2 Å². The van der Waals surface area contributed by atoms with Gasteiger partial charge in [-0.1, -0.05) is 12.1 Å². The number of pyridine rings is 1. The van der Waals surface area contributed by atoms with Crippen molar-refractivity contribution >= 4 is 16.8 Å². The van der Waals surface area contributed by atoms with Crippen LogP contribution in [0.3, 0.4) is 0 Å². The minimum Gasteiger partial charge on any atom is -0.497 e. The van der Waals surface area contributed by atoms with E-state index in [1.165, 1.54) is 11.1 Å². The lowest BCUT2D eigenvalue weighted by atomic mass is 10.0. The van der Waals surface area contributed by atoms with Crippen LogP contribution in [-0.2, 0) is 11.3 Å². The van der Waals surface area contributed by atoms with Gasteiger partial charge in [0.1, 0.15) is 5.75 Å². The number of rotatable bonds is 5. The van der Waals surface area contributed by atoms with Crippen LogP contribution in [0.5, 0.6) is 5.75 Å². The zero-order valence-corrected chi connectivity index (χ0v) is 17.2. The number of aromatic nitrogens is 1. The molecule has 1 aliphatic heterocycles. The highest BCUT2D eigenvalue weighted by molar-refractivity contribution is 5.84. The standard InChI is InChI=1S/C24H27N3O2/c1-16-4-5-19-13-20(14-27-11-10-21(15-27)25-17(2)28)24(26-23(19)12-16)18-6-8-22(29-3)9-7-18/h4-9,12-13,21H,10-11,14-15H2,1-3H3,(H,25,28). The number of aryl methyl sites for hydroxylation is 1. The number of amides is 1. The van der Waals surface area contributed by atoms with Gasteiger partial charge in [-0.25, -0.2) is 4.98 Å². The van der Waals surface area contributed by atoms with Crippen molar-refractivity contribution in [2.45, 2.75) is 32.9 Å². The molecule has 1 fully saturated rings. The highest BCUT2D eigenvalue weighted by atomic mass is 16.5. The minimum absolute atomic E-state index is 0.0403. The lowest BCUT2D eigenvalue weighted by molar-refractivity contribution is -0.119. The molecule has 0 aliphatic carbocycles. The summed E-state index contributed by atoms with van der Waals surface area (Å²) in [6.07, 6.45) is 0.984. The maximum atomic E-state index is 11.4. The molecule has 150 valence electrons. The molecular formula is C24H27N3O2. The molecule has 0 saturated carbocycles. The van der Waals surface area contributed by atoms with E-state index < -0.39 is 0 Å². The average molecular weight is 389 g/mol. The van der Waals surface area contributed by atoms with Crippen molar-refractivity contribution < 1.29 is 9.53 Å². The van der Waals surface area contributed by atoms with Crippen LogP contribution in [-0.4, -0.2) is 42.0 Å². The van der Waals surface area contributed by atoms with Gasteiger partial charge in [0.15, 0.2) is 0 Å². The molecule has 4 rings (SSSR count). The van der Waals surface area contributed by atoms with Crippen LogP contribution < -0.4 is 10.1 Å². The molecule has 2 heterocycles. The largest absolute Gasteiger partial charge is 0.497 e. The molecule has 3 aromatic rings. The topological polar surface area (TPSA) is 54.5 Å². The Balaban J connectivity index is 1.69. The van der Waals surface area contributed by atoms with E-state index in [0.717, 1.165) is 54.0 Å². The highest BCUT2D eigenvalue weighted by Gasteiger charge is 2.24. The molecule has 0 radical (unpaired) electrons. The second-order valence-electron chi connectivity index (χ2n) is 7.84. The van der Waals surface area contributed by atoms with Crippen LogP contribution in [0.2, 0.25) is 0 Å². The predicted octanol–water partition coefficient (Wildman–Crippen LogP) is 3.93. The molecule has 0 spiro atoms. The third-order valence-electron chi connectivity index (χ3n) is 5.49. The zero-order valence-electron chi connectivity index (χ0n) is 17.2. The van der Waals surface area contributed by atoms with Gasteiger partial charge < -0.3 is 10.1 Å². The molecule has 1 aromatic heterocycles. The zero-order chi connectivity index (χ0) is 20.4. The summed E-state index contributed by atoms with van der Waals surface area (Å²) < 4.78 is 5.31. The summed E-state index contributed by atoms with van der Waals surface area (Å²) in [6.45, 7) is 6.33. The van der Waals surface area contributed by atoms with Gasteiger partial charge in [0.25, 0.3) is 0 Å². The number of hydrogen-bond acceptors (Lipinski definition) is 4. The molecule has 5 nitrogen and oxygen atoms in total. The first kappa shape index (κ1) is 19.4. The van der Waals surface area contributed by atoms with Crippen LogP contribution in [0.25, 0.3) is 22.2 Å². The molecule has 2 aromatic carbocycles. The first-order valence-corrected chi connectivity index (χ1v) is 10.1. The number of methoxy groups -OCH3 is 1. The Kier molecular flexibility index (Phi) is 5.49. The highest BCUT2D eigenvalue weighted by Crippen LogP contribution is 2.29. The Labute approximate surface area is 171 Å². The number of nitrogens with zero attached hydrogens (tertiary/aromatic N) is 2. The monoisotopic (exact) mass is 389 g/mol. The summed E-state index contributed by atoms with van der Waals surface area (Å²) >= 11 is 0. The first-order chi connectivity index (χ1) is 14.0. The molecule has 1 saturated heterocycles. The van der Waals surface area contributed by atoms with Crippen molar-refractivity contribution in [2.75, 3.05) is 20.2 Å². The first-order valence-electron chi connectivity index (χ1n) is 10.1. The maximum absolute atomic E-state index is 11.4. The van der Waals surface area contributed by atoms with Crippen molar-refractivity contribution in [3.05, 3.63) is 59.7 Å². The van der Waals surface area contributed by atoms with Crippen LogP contribution >= 0.6 is 0 Å². The number of nitrogens with one attached hydrogen (secondary N) is 1. The Hall–Kier alpha value is -2.92. The van der Waals surface area contributed by atoms with E-state index in [1.54, 1.807) is 14.0 Å². The fraction of sp³-hybridized carbons (Fsp3) is 0.333. The molecule has 1 N–H and O–H groups in total. The smallest absolute Gasteiger partial charge is 0.217 e. The fourth-order valence-electron chi connectivity index (χ4n) is 4.06. The van der Waals surface area contributed by atoms with Crippen LogP contribution in [0.1, 0.15) is 24.5 Å². The summed E-state index contributed by atoms with van der Waals surface area (Å²) in [5, 5.41) is 4.20. The van der Waals surface area contributed by atoms with Gasteiger partial charge in [0.2, 0.25) is 5.91 Å². The molecule has 5 heteroatoms. The quantitative estimate of drug-likeness (QED) is 0.718. The Bertz CT molecular complexity index is 1030. The molecule has 1 aliphatic rings. The summed E-state index contributed by atoms with van der Waals surface area (Å²) in [5.41, 5.74) is 5.51. The van der Waals surface area contributed by atoms with E-state index in [4.69, 9.17) is 9.72 Å². The lowest BCUT2D eigenvalue weighted by Gasteiger charge is -2.19. The Morgan fingerprint density at radius 1 is 1.21 bits per heavy atom. The second-order valence-corrected chi connectivity index (χ2v) is 7.84. The van der Waals surface area contributed by atoms with Crippen molar-refractivity contribution in [3.8, 4) is 17.0 Å². The van der Waals surface area contributed by atoms with Crippen molar-refractivity contribution in [2.24, 2.45) is 0 Å². The van der Waals surface area contributed by atoms with E-state index in [1.807, 2.05) is 12.1 Å². The van der Waals surface area contributed by atoms with Gasteiger partial charge in [-0.05, 0) is 60.9 Å². The van der Waals surface area contributed by atoms with E-state index in [2.05, 4.69) is 53.5 Å². The number of ether oxygens (including phenoxy) is 1. The number of carbonyl (C=O) groups excluding carboxylic acids is 1. The molecular weight excluding hydrogens is 362 g/mol. The van der Waals surface area contributed by atoms with Crippen LogP contribution in [0.15, 0.2) is 48.5 Å². The van der Waals surface area contributed by atoms with Crippen molar-refractivity contribution in [1.29, 1.82) is 0 Å². The van der Waals surface area contributed by atoms with E-state index in [-0.39, 0.29) is 11.9 Å². The molecule has 1 atom stereocenters. The maximum Gasteiger partial charge on any atom is 0.217 e. The van der Waals surface area contributed by atoms with Gasteiger partial charge >= 0.3 is 0 Å². The second kappa shape index (κ2) is 8.21. The Morgan fingerprint density at radius 3 is 2.72 bits per heavy atom. The van der Waals surface area contributed by atoms with Crippen molar-refractivity contribution in [3.63, 3.8) is 0 Å². The van der Waals surface area contributed by atoms with Crippen LogP contribution in [0.4, 0.5) is 0 Å². The van der Waals surface area contributed by atoms with E-state index >= 15 is 0 Å². The lowest BCUT2D eigenvalue weighted by Crippen LogP contribution is -2.35. The molecule has 1 unspecified atom stereocenters.